The lowest BCUT2D eigenvalue weighted by Gasteiger charge is -2.36. The van der Waals surface area contributed by atoms with E-state index in [0.29, 0.717) is 12.8 Å². The second kappa shape index (κ2) is 9.90. The van der Waals surface area contributed by atoms with Crippen molar-refractivity contribution in [1.29, 1.82) is 0 Å². The molecular weight excluding hydrogens is 394 g/mol. The molecule has 1 saturated heterocycles. The number of carbonyl (C=O) groups excluding carboxylic acids is 5. The lowest BCUT2D eigenvalue weighted by Crippen LogP contribution is -2.54. The maximum Gasteiger partial charge on any atom is 0.328 e. The Labute approximate surface area is 176 Å². The van der Waals surface area contributed by atoms with Gasteiger partial charge in [0.05, 0.1) is 7.11 Å². The predicted molar refractivity (Wildman–Crippen MR) is 105 cm³/mol. The fourth-order valence-corrected chi connectivity index (χ4v) is 3.97. The van der Waals surface area contributed by atoms with Crippen molar-refractivity contribution in [2.75, 3.05) is 20.3 Å². The van der Waals surface area contributed by atoms with Crippen molar-refractivity contribution in [3.63, 3.8) is 0 Å². The van der Waals surface area contributed by atoms with Gasteiger partial charge in [0.2, 0.25) is 0 Å². The highest BCUT2D eigenvalue weighted by Gasteiger charge is 2.55. The molecule has 0 bridgehead atoms. The normalized spacial score (nSPS) is 25.5. The monoisotopic (exact) mass is 425 g/mol. The Morgan fingerprint density at radius 2 is 2.00 bits per heavy atom. The average molecular weight is 425 g/mol. The molecule has 30 heavy (non-hydrogen) atoms. The molecule has 2 aliphatic rings. The molecule has 0 aromatic heterocycles. The molecule has 2 fully saturated rings. The van der Waals surface area contributed by atoms with Gasteiger partial charge in [0, 0.05) is 0 Å². The van der Waals surface area contributed by atoms with Crippen molar-refractivity contribution in [2.45, 2.75) is 64.5 Å². The molecule has 168 valence electrons. The number of esters is 2. The molecule has 0 aromatic rings. The Hall–Kier alpha value is -2.65. The number of amides is 4. The predicted octanol–water partition coefficient (Wildman–Crippen LogP) is 0.734. The third kappa shape index (κ3) is 4.91. The summed E-state index contributed by atoms with van der Waals surface area (Å²) in [6.45, 7) is 4.36. The number of hydrogen-bond acceptors (Lipinski definition) is 7. The van der Waals surface area contributed by atoms with Gasteiger partial charge in [0.15, 0.2) is 6.61 Å². The minimum absolute atomic E-state index is 0.0229. The summed E-state index contributed by atoms with van der Waals surface area (Å²) in [5.41, 5.74) is -0.961. The lowest BCUT2D eigenvalue weighted by molar-refractivity contribution is -0.153. The molecule has 0 radical (unpaired) electrons. The van der Waals surface area contributed by atoms with Crippen molar-refractivity contribution < 1.29 is 33.4 Å². The van der Waals surface area contributed by atoms with Gasteiger partial charge >= 0.3 is 18.0 Å². The van der Waals surface area contributed by atoms with E-state index in [4.69, 9.17) is 4.74 Å². The Morgan fingerprint density at radius 3 is 2.60 bits per heavy atom. The summed E-state index contributed by atoms with van der Waals surface area (Å²) >= 11 is 0. The van der Waals surface area contributed by atoms with Crippen molar-refractivity contribution in [1.82, 2.24) is 15.5 Å². The van der Waals surface area contributed by atoms with Gasteiger partial charge in [-0.15, -0.1) is 0 Å². The lowest BCUT2D eigenvalue weighted by atomic mass is 9.73. The second-order valence-electron chi connectivity index (χ2n) is 8.05. The summed E-state index contributed by atoms with van der Waals surface area (Å²) < 4.78 is 9.60. The maximum absolute atomic E-state index is 12.8. The van der Waals surface area contributed by atoms with E-state index in [1.807, 2.05) is 13.8 Å². The van der Waals surface area contributed by atoms with Crippen LogP contribution in [-0.4, -0.2) is 66.5 Å². The Kier molecular flexibility index (Phi) is 7.80. The third-order valence-corrected chi connectivity index (χ3v) is 6.14. The minimum Gasteiger partial charge on any atom is -0.467 e. The molecule has 1 saturated carbocycles. The zero-order valence-corrected chi connectivity index (χ0v) is 18.0. The summed E-state index contributed by atoms with van der Waals surface area (Å²) in [6.07, 6.45) is 3.81. The number of methoxy groups -OCH3 is 1. The van der Waals surface area contributed by atoms with Crippen LogP contribution in [0.15, 0.2) is 0 Å². The fraction of sp³-hybridized carbons (Fsp3) is 0.750. The van der Waals surface area contributed by atoms with Crippen LogP contribution in [0.25, 0.3) is 0 Å². The Balaban J connectivity index is 1.89. The molecular formula is C20H31N3O7. The van der Waals surface area contributed by atoms with Crippen LogP contribution in [0.2, 0.25) is 0 Å². The molecule has 1 heterocycles. The van der Waals surface area contributed by atoms with Crippen LogP contribution in [0.3, 0.4) is 0 Å². The molecule has 1 aliphatic heterocycles. The fourth-order valence-electron chi connectivity index (χ4n) is 3.97. The van der Waals surface area contributed by atoms with E-state index in [9.17, 15) is 24.0 Å². The van der Waals surface area contributed by atoms with Gasteiger partial charge in [0.25, 0.3) is 11.8 Å². The van der Waals surface area contributed by atoms with Crippen LogP contribution < -0.4 is 10.6 Å². The molecule has 4 amide bonds. The Bertz CT molecular complexity index is 711. The number of ether oxygens (including phenoxy) is 2. The molecule has 10 heteroatoms. The SMILES string of the molecule is CC[C@H](C)[C@@H](NC(=O)COC(=O)CN1C(=O)N[C@]2(CCCC[C@@H]2C)C1=O)C(=O)OC. The standard InChI is InChI=1S/C20H31N3O7/c1-5-12(2)16(17(26)29-4)21-14(24)11-30-15(25)10-23-18(27)20(22-19(23)28)9-7-6-8-13(20)3/h12-13,16H,5-11H2,1-4H3,(H,21,24)(H,22,28)/t12-,13-,16+,20-/m0/s1. The van der Waals surface area contributed by atoms with Crippen LogP contribution in [0.1, 0.15) is 52.9 Å². The van der Waals surface area contributed by atoms with Gasteiger partial charge < -0.3 is 20.1 Å². The summed E-state index contributed by atoms with van der Waals surface area (Å²) in [5, 5.41) is 5.24. The zero-order chi connectivity index (χ0) is 22.5. The first-order chi connectivity index (χ1) is 14.2. The average Bonchev–Trinajstić information content (AvgIpc) is 2.96. The van der Waals surface area contributed by atoms with E-state index in [1.54, 1.807) is 6.92 Å². The minimum atomic E-state index is -0.961. The number of rotatable bonds is 8. The van der Waals surface area contributed by atoms with Crippen LogP contribution in [0.4, 0.5) is 4.79 Å². The van der Waals surface area contributed by atoms with E-state index in [0.717, 1.165) is 24.2 Å². The first kappa shape index (κ1) is 23.6. The smallest absolute Gasteiger partial charge is 0.328 e. The first-order valence-corrected chi connectivity index (χ1v) is 10.3. The molecule has 0 aromatic carbocycles. The number of nitrogens with zero attached hydrogens (tertiary/aromatic N) is 1. The van der Waals surface area contributed by atoms with Gasteiger partial charge in [-0.3, -0.25) is 19.3 Å². The highest BCUT2D eigenvalue weighted by Crippen LogP contribution is 2.38. The van der Waals surface area contributed by atoms with Gasteiger partial charge in [-0.05, 0) is 24.7 Å². The van der Waals surface area contributed by atoms with Crippen LogP contribution in [0, 0.1) is 11.8 Å². The molecule has 10 nitrogen and oxygen atoms in total. The van der Waals surface area contributed by atoms with Crippen molar-refractivity contribution >= 4 is 29.8 Å². The van der Waals surface area contributed by atoms with E-state index in [2.05, 4.69) is 15.4 Å². The van der Waals surface area contributed by atoms with Gasteiger partial charge in [-0.25, -0.2) is 9.59 Å². The van der Waals surface area contributed by atoms with E-state index in [1.165, 1.54) is 7.11 Å². The quantitative estimate of drug-likeness (QED) is 0.433. The van der Waals surface area contributed by atoms with Crippen molar-refractivity contribution in [3.05, 3.63) is 0 Å². The van der Waals surface area contributed by atoms with Crippen molar-refractivity contribution in [3.8, 4) is 0 Å². The Morgan fingerprint density at radius 1 is 1.30 bits per heavy atom. The summed E-state index contributed by atoms with van der Waals surface area (Å²) in [5.74, 6) is -2.76. The number of urea groups is 1. The molecule has 4 atom stereocenters. The van der Waals surface area contributed by atoms with Gasteiger partial charge in [-0.1, -0.05) is 40.0 Å². The van der Waals surface area contributed by atoms with Crippen LogP contribution in [-0.2, 0) is 28.7 Å². The number of nitrogens with one attached hydrogen (secondary N) is 2. The number of imide groups is 1. The number of hydrogen-bond donors (Lipinski definition) is 2. The molecule has 2 N–H and O–H groups in total. The van der Waals surface area contributed by atoms with Crippen LogP contribution >= 0.6 is 0 Å². The number of carbonyl (C=O) groups is 5. The van der Waals surface area contributed by atoms with E-state index < -0.39 is 54.5 Å². The molecule has 1 aliphatic carbocycles. The molecule has 2 rings (SSSR count). The van der Waals surface area contributed by atoms with Gasteiger partial charge in [-0.2, -0.15) is 0 Å². The summed E-state index contributed by atoms with van der Waals surface area (Å²) in [4.78, 5) is 62.1. The zero-order valence-electron chi connectivity index (χ0n) is 18.0. The van der Waals surface area contributed by atoms with E-state index >= 15 is 0 Å². The first-order valence-electron chi connectivity index (χ1n) is 10.3. The summed E-state index contributed by atoms with van der Waals surface area (Å²) in [6, 6.07) is -1.48. The maximum atomic E-state index is 12.8. The van der Waals surface area contributed by atoms with E-state index in [-0.39, 0.29) is 11.8 Å². The van der Waals surface area contributed by atoms with Gasteiger partial charge in [0.1, 0.15) is 18.1 Å². The third-order valence-electron chi connectivity index (χ3n) is 6.14. The molecule has 0 unspecified atom stereocenters. The van der Waals surface area contributed by atoms with Crippen LogP contribution in [0.5, 0.6) is 0 Å². The highest BCUT2D eigenvalue weighted by atomic mass is 16.5. The second-order valence-corrected chi connectivity index (χ2v) is 8.05. The summed E-state index contributed by atoms with van der Waals surface area (Å²) in [7, 11) is 1.22. The largest absolute Gasteiger partial charge is 0.467 e. The topological polar surface area (TPSA) is 131 Å². The molecule has 1 spiro atoms. The highest BCUT2D eigenvalue weighted by molar-refractivity contribution is 6.09. The van der Waals surface area contributed by atoms with Crippen molar-refractivity contribution in [2.24, 2.45) is 11.8 Å².